The Morgan fingerprint density at radius 1 is 1.32 bits per heavy atom. The second kappa shape index (κ2) is 6.63. The summed E-state index contributed by atoms with van der Waals surface area (Å²) in [7, 11) is -3.16. The largest absolute Gasteiger partial charge is 0.330 e. The molecule has 0 saturated heterocycles. The number of aryl methyl sites for hydroxylation is 1. The van der Waals surface area contributed by atoms with E-state index in [2.05, 4.69) is 0 Å². The molecule has 0 aliphatic carbocycles. The minimum atomic E-state index is -3.16. The van der Waals surface area contributed by atoms with E-state index in [1.165, 1.54) is 12.1 Å². The van der Waals surface area contributed by atoms with Gasteiger partial charge in [-0.05, 0) is 31.9 Å². The van der Waals surface area contributed by atoms with E-state index in [1.54, 1.807) is 19.1 Å². The molecule has 0 aromatic heterocycles. The lowest BCUT2D eigenvalue weighted by Gasteiger charge is -2.11. The number of nitro groups is 1. The Hall–Kier alpha value is -1.47. The van der Waals surface area contributed by atoms with E-state index in [0.717, 1.165) is 5.56 Å². The molecule has 2 N–H and O–H groups in total. The minimum Gasteiger partial charge on any atom is -0.330 e. The van der Waals surface area contributed by atoms with Gasteiger partial charge >= 0.3 is 0 Å². The Morgan fingerprint density at radius 3 is 2.37 bits per heavy atom. The Balaban J connectivity index is 2.64. The summed E-state index contributed by atoms with van der Waals surface area (Å²) in [6.45, 7) is 2.00. The summed E-state index contributed by atoms with van der Waals surface area (Å²) >= 11 is 0. The summed E-state index contributed by atoms with van der Waals surface area (Å²) < 4.78 is 23.8. The number of nitro benzene ring substituents is 1. The number of nitrogens with two attached hydrogens (primary N) is 1. The molecule has 0 fully saturated rings. The van der Waals surface area contributed by atoms with Gasteiger partial charge in [-0.3, -0.25) is 10.1 Å². The van der Waals surface area contributed by atoms with Gasteiger partial charge in [0.05, 0.1) is 15.9 Å². The maximum absolute atomic E-state index is 11.9. The molecule has 6 nitrogen and oxygen atoms in total. The van der Waals surface area contributed by atoms with Gasteiger partial charge in [-0.25, -0.2) is 8.42 Å². The van der Waals surface area contributed by atoms with E-state index in [1.807, 2.05) is 0 Å². The van der Waals surface area contributed by atoms with Crippen molar-refractivity contribution in [2.24, 2.45) is 5.73 Å². The molecule has 1 aromatic carbocycles. The Kier molecular flexibility index (Phi) is 5.44. The molecule has 0 radical (unpaired) electrons. The standard InChI is InChI=1S/C12H18N2O4S/c1-10(6-8-13)19(17,18)9-7-11-2-4-12(5-3-11)14(15)16/h2-5,10H,6-9,13H2,1H3. The summed E-state index contributed by atoms with van der Waals surface area (Å²) in [5.41, 5.74) is 6.13. The van der Waals surface area contributed by atoms with Gasteiger partial charge in [0.25, 0.3) is 5.69 Å². The van der Waals surface area contributed by atoms with Crippen LogP contribution in [0.5, 0.6) is 0 Å². The smallest absolute Gasteiger partial charge is 0.269 e. The number of benzene rings is 1. The van der Waals surface area contributed by atoms with Crippen LogP contribution in [0.4, 0.5) is 5.69 Å². The van der Waals surface area contributed by atoms with Crippen molar-refractivity contribution in [1.82, 2.24) is 0 Å². The van der Waals surface area contributed by atoms with Crippen LogP contribution in [0.3, 0.4) is 0 Å². The highest BCUT2D eigenvalue weighted by Gasteiger charge is 2.19. The van der Waals surface area contributed by atoms with E-state index in [4.69, 9.17) is 5.73 Å². The Morgan fingerprint density at radius 2 is 1.89 bits per heavy atom. The van der Waals surface area contributed by atoms with E-state index < -0.39 is 20.0 Å². The summed E-state index contributed by atoms with van der Waals surface area (Å²) in [5.74, 6) is 0.0337. The fraction of sp³-hybridized carbons (Fsp3) is 0.500. The highest BCUT2D eigenvalue weighted by Crippen LogP contribution is 2.14. The van der Waals surface area contributed by atoms with Crippen LogP contribution in [0, 0.1) is 10.1 Å². The van der Waals surface area contributed by atoms with Crippen molar-refractivity contribution in [3.05, 3.63) is 39.9 Å². The lowest BCUT2D eigenvalue weighted by Crippen LogP contribution is -2.24. The first-order valence-electron chi connectivity index (χ1n) is 6.02. The van der Waals surface area contributed by atoms with Crippen LogP contribution >= 0.6 is 0 Å². The molecule has 0 aliphatic heterocycles. The summed E-state index contributed by atoms with van der Waals surface area (Å²) in [6.07, 6.45) is 0.803. The van der Waals surface area contributed by atoms with Crippen LogP contribution in [-0.4, -0.2) is 30.9 Å². The van der Waals surface area contributed by atoms with E-state index >= 15 is 0 Å². The quantitative estimate of drug-likeness (QED) is 0.601. The lowest BCUT2D eigenvalue weighted by atomic mass is 10.1. The minimum absolute atomic E-state index is 0.00288. The summed E-state index contributed by atoms with van der Waals surface area (Å²) in [5, 5.41) is 10.0. The third kappa shape index (κ3) is 4.60. The van der Waals surface area contributed by atoms with Crippen molar-refractivity contribution in [2.75, 3.05) is 12.3 Å². The zero-order valence-corrected chi connectivity index (χ0v) is 11.6. The molecule has 0 bridgehead atoms. The van der Waals surface area contributed by atoms with Crippen LogP contribution in [0.15, 0.2) is 24.3 Å². The van der Waals surface area contributed by atoms with E-state index in [9.17, 15) is 18.5 Å². The van der Waals surface area contributed by atoms with Gasteiger partial charge in [0.1, 0.15) is 0 Å². The van der Waals surface area contributed by atoms with Crippen LogP contribution in [0.2, 0.25) is 0 Å². The number of hydrogen-bond donors (Lipinski definition) is 1. The topological polar surface area (TPSA) is 103 Å². The Bertz CT molecular complexity index is 525. The molecule has 0 aliphatic rings. The second-order valence-electron chi connectivity index (χ2n) is 4.43. The number of nitrogens with zero attached hydrogens (tertiary/aromatic N) is 1. The third-order valence-corrected chi connectivity index (χ3v) is 5.24. The average Bonchev–Trinajstić information content (AvgIpc) is 2.37. The molecular formula is C12H18N2O4S. The number of sulfone groups is 1. The van der Waals surface area contributed by atoms with E-state index in [-0.39, 0.29) is 11.4 Å². The molecule has 0 amide bonds. The van der Waals surface area contributed by atoms with Gasteiger partial charge < -0.3 is 5.73 Å². The number of non-ortho nitro benzene ring substituents is 1. The van der Waals surface area contributed by atoms with Crippen LogP contribution < -0.4 is 5.73 Å². The monoisotopic (exact) mass is 286 g/mol. The number of rotatable bonds is 7. The van der Waals surface area contributed by atoms with Gasteiger partial charge in [-0.2, -0.15) is 0 Å². The van der Waals surface area contributed by atoms with Crippen LogP contribution in [-0.2, 0) is 16.3 Å². The van der Waals surface area contributed by atoms with Crippen LogP contribution in [0.25, 0.3) is 0 Å². The predicted octanol–water partition coefficient (Wildman–Crippen LogP) is 1.29. The van der Waals surface area contributed by atoms with Crippen molar-refractivity contribution in [3.63, 3.8) is 0 Å². The first kappa shape index (κ1) is 15.6. The van der Waals surface area contributed by atoms with Gasteiger partial charge in [-0.15, -0.1) is 0 Å². The fourth-order valence-corrected chi connectivity index (χ4v) is 3.08. The molecule has 19 heavy (non-hydrogen) atoms. The highest BCUT2D eigenvalue weighted by atomic mass is 32.2. The molecule has 0 spiro atoms. The molecule has 0 heterocycles. The van der Waals surface area contributed by atoms with Gasteiger partial charge in [-0.1, -0.05) is 12.1 Å². The summed E-state index contributed by atoms with van der Waals surface area (Å²) in [4.78, 5) is 10.0. The second-order valence-corrected chi connectivity index (χ2v) is 6.97. The first-order chi connectivity index (χ1) is 8.86. The van der Waals surface area contributed by atoms with Crippen molar-refractivity contribution >= 4 is 15.5 Å². The Labute approximate surface area is 112 Å². The lowest BCUT2D eigenvalue weighted by molar-refractivity contribution is -0.384. The maximum Gasteiger partial charge on any atom is 0.269 e. The van der Waals surface area contributed by atoms with Crippen molar-refractivity contribution < 1.29 is 13.3 Å². The molecule has 1 rings (SSSR count). The van der Waals surface area contributed by atoms with Gasteiger partial charge in [0.2, 0.25) is 0 Å². The molecule has 0 saturated carbocycles. The third-order valence-electron chi connectivity index (χ3n) is 3.01. The van der Waals surface area contributed by atoms with Gasteiger partial charge in [0.15, 0.2) is 9.84 Å². The van der Waals surface area contributed by atoms with E-state index in [0.29, 0.717) is 19.4 Å². The molecule has 106 valence electrons. The fourth-order valence-electron chi connectivity index (χ4n) is 1.66. The SMILES string of the molecule is CC(CCN)S(=O)(=O)CCc1ccc([N+](=O)[O-])cc1. The van der Waals surface area contributed by atoms with Crippen LogP contribution in [0.1, 0.15) is 18.9 Å². The van der Waals surface area contributed by atoms with Crippen molar-refractivity contribution in [2.45, 2.75) is 25.0 Å². The van der Waals surface area contributed by atoms with Gasteiger partial charge in [0, 0.05) is 12.1 Å². The zero-order valence-electron chi connectivity index (χ0n) is 10.8. The molecule has 7 heteroatoms. The maximum atomic E-state index is 11.9. The van der Waals surface area contributed by atoms with Crippen molar-refractivity contribution in [1.29, 1.82) is 0 Å². The van der Waals surface area contributed by atoms with Crippen molar-refractivity contribution in [3.8, 4) is 0 Å². The molecular weight excluding hydrogens is 268 g/mol. The normalized spacial score (nSPS) is 13.2. The first-order valence-corrected chi connectivity index (χ1v) is 7.73. The zero-order chi connectivity index (χ0) is 14.5. The highest BCUT2D eigenvalue weighted by molar-refractivity contribution is 7.92. The summed E-state index contributed by atoms with van der Waals surface area (Å²) in [6, 6.07) is 5.93. The molecule has 1 unspecified atom stereocenters. The molecule has 1 atom stereocenters. The predicted molar refractivity (Wildman–Crippen MR) is 73.7 cm³/mol. The molecule has 1 aromatic rings. The number of hydrogen-bond acceptors (Lipinski definition) is 5. The average molecular weight is 286 g/mol.